The number of carbonyl (C=O) groups excluding carboxylic acids is 1. The van der Waals surface area contributed by atoms with Gasteiger partial charge in [-0.25, -0.2) is 0 Å². The number of nitrogens with two attached hydrogens (primary N) is 1. The van der Waals surface area contributed by atoms with Crippen LogP contribution in [0.5, 0.6) is 0 Å². The SMILES string of the molecule is CC1CC(=O)N(C[C@@H](C)N)C1. The Morgan fingerprint density at radius 3 is 2.82 bits per heavy atom. The van der Waals surface area contributed by atoms with Crippen molar-refractivity contribution in [1.82, 2.24) is 4.90 Å². The van der Waals surface area contributed by atoms with Crippen LogP contribution in [0.2, 0.25) is 0 Å². The summed E-state index contributed by atoms with van der Waals surface area (Å²) in [5, 5.41) is 0. The van der Waals surface area contributed by atoms with Gasteiger partial charge in [-0.1, -0.05) is 6.92 Å². The van der Waals surface area contributed by atoms with E-state index in [0.29, 0.717) is 18.9 Å². The first-order valence-electron chi connectivity index (χ1n) is 4.13. The third-order valence-electron chi connectivity index (χ3n) is 1.92. The second-order valence-corrected chi connectivity index (χ2v) is 3.59. The normalized spacial score (nSPS) is 27.7. The summed E-state index contributed by atoms with van der Waals surface area (Å²) in [6, 6.07) is 0.101. The third-order valence-corrected chi connectivity index (χ3v) is 1.92. The molecule has 0 aromatic heterocycles. The van der Waals surface area contributed by atoms with E-state index in [2.05, 4.69) is 6.92 Å². The molecular weight excluding hydrogens is 140 g/mol. The number of rotatable bonds is 2. The van der Waals surface area contributed by atoms with Crippen molar-refractivity contribution in [2.45, 2.75) is 26.3 Å². The topological polar surface area (TPSA) is 46.3 Å². The molecule has 1 amide bonds. The predicted octanol–water partition coefficient (Wildman–Crippen LogP) is 0.202. The Morgan fingerprint density at radius 1 is 1.82 bits per heavy atom. The third kappa shape index (κ3) is 2.19. The molecule has 0 aliphatic carbocycles. The van der Waals surface area contributed by atoms with Gasteiger partial charge in [0.1, 0.15) is 0 Å². The number of likely N-dealkylation sites (tertiary alicyclic amines) is 1. The molecule has 3 nitrogen and oxygen atoms in total. The minimum Gasteiger partial charge on any atom is -0.341 e. The van der Waals surface area contributed by atoms with Gasteiger partial charge in [0.15, 0.2) is 0 Å². The summed E-state index contributed by atoms with van der Waals surface area (Å²) in [6.07, 6.45) is 0.701. The van der Waals surface area contributed by atoms with Crippen LogP contribution in [0, 0.1) is 5.92 Å². The average molecular weight is 156 g/mol. The lowest BCUT2D eigenvalue weighted by atomic mass is 10.2. The van der Waals surface area contributed by atoms with Gasteiger partial charge in [0, 0.05) is 25.6 Å². The van der Waals surface area contributed by atoms with Crippen LogP contribution >= 0.6 is 0 Å². The number of hydrogen-bond donors (Lipinski definition) is 1. The van der Waals surface area contributed by atoms with Crippen molar-refractivity contribution in [3.63, 3.8) is 0 Å². The molecule has 2 atom stereocenters. The fourth-order valence-corrected chi connectivity index (χ4v) is 1.49. The Balaban J connectivity index is 2.41. The molecule has 1 unspecified atom stereocenters. The lowest BCUT2D eigenvalue weighted by molar-refractivity contribution is -0.127. The van der Waals surface area contributed by atoms with Crippen molar-refractivity contribution in [3.8, 4) is 0 Å². The Bertz CT molecular complexity index is 156. The Labute approximate surface area is 67.5 Å². The van der Waals surface area contributed by atoms with E-state index in [1.165, 1.54) is 0 Å². The Kier molecular flexibility index (Phi) is 2.49. The largest absolute Gasteiger partial charge is 0.341 e. The van der Waals surface area contributed by atoms with E-state index in [4.69, 9.17) is 5.73 Å². The summed E-state index contributed by atoms with van der Waals surface area (Å²) in [5.74, 6) is 0.774. The van der Waals surface area contributed by atoms with Crippen molar-refractivity contribution in [2.24, 2.45) is 11.7 Å². The van der Waals surface area contributed by atoms with Gasteiger partial charge in [-0.3, -0.25) is 4.79 Å². The molecule has 1 rings (SSSR count). The smallest absolute Gasteiger partial charge is 0.222 e. The second kappa shape index (κ2) is 3.22. The van der Waals surface area contributed by atoms with Gasteiger partial charge in [0.25, 0.3) is 0 Å². The molecule has 1 aliphatic rings. The molecule has 64 valence electrons. The zero-order valence-corrected chi connectivity index (χ0v) is 7.21. The highest BCUT2D eigenvalue weighted by atomic mass is 16.2. The molecule has 1 saturated heterocycles. The highest BCUT2D eigenvalue weighted by molar-refractivity contribution is 5.78. The lowest BCUT2D eigenvalue weighted by Gasteiger charge is -2.17. The van der Waals surface area contributed by atoms with Crippen molar-refractivity contribution >= 4 is 5.91 Å². The molecule has 0 radical (unpaired) electrons. The van der Waals surface area contributed by atoms with E-state index in [1.54, 1.807) is 0 Å². The molecule has 1 fully saturated rings. The molecule has 1 aliphatic heterocycles. The maximum Gasteiger partial charge on any atom is 0.222 e. The predicted molar refractivity (Wildman–Crippen MR) is 44.0 cm³/mol. The Morgan fingerprint density at radius 2 is 2.45 bits per heavy atom. The monoisotopic (exact) mass is 156 g/mol. The van der Waals surface area contributed by atoms with Gasteiger partial charge in [-0.15, -0.1) is 0 Å². The molecule has 3 heteroatoms. The zero-order chi connectivity index (χ0) is 8.43. The van der Waals surface area contributed by atoms with E-state index in [-0.39, 0.29) is 11.9 Å². The minimum absolute atomic E-state index is 0.101. The van der Waals surface area contributed by atoms with Crippen molar-refractivity contribution in [2.75, 3.05) is 13.1 Å². The highest BCUT2D eigenvalue weighted by Gasteiger charge is 2.26. The number of amides is 1. The van der Waals surface area contributed by atoms with E-state index in [1.807, 2.05) is 11.8 Å². The van der Waals surface area contributed by atoms with Crippen LogP contribution in [0.25, 0.3) is 0 Å². The standard InChI is InChI=1S/C8H16N2O/c1-6-3-8(11)10(4-6)5-7(2)9/h6-7H,3-5,9H2,1-2H3/t6?,7-/m1/s1. The maximum atomic E-state index is 11.2. The molecule has 0 spiro atoms. The molecule has 0 saturated carbocycles. The van der Waals surface area contributed by atoms with Gasteiger partial charge in [-0.05, 0) is 12.8 Å². The molecule has 11 heavy (non-hydrogen) atoms. The van der Waals surface area contributed by atoms with Gasteiger partial charge in [0.2, 0.25) is 5.91 Å². The fraction of sp³-hybridized carbons (Fsp3) is 0.875. The van der Waals surface area contributed by atoms with Crippen LogP contribution in [0.3, 0.4) is 0 Å². The fourth-order valence-electron chi connectivity index (χ4n) is 1.49. The first-order valence-corrected chi connectivity index (χ1v) is 4.13. The minimum atomic E-state index is 0.101. The molecule has 0 aromatic rings. The molecule has 2 N–H and O–H groups in total. The van der Waals surface area contributed by atoms with Crippen LogP contribution in [-0.4, -0.2) is 29.9 Å². The number of carbonyl (C=O) groups is 1. The summed E-state index contributed by atoms with van der Waals surface area (Å²) in [4.78, 5) is 13.0. The summed E-state index contributed by atoms with van der Waals surface area (Å²) >= 11 is 0. The summed E-state index contributed by atoms with van der Waals surface area (Å²) in [6.45, 7) is 5.62. The first-order chi connectivity index (χ1) is 5.09. The molecule has 0 bridgehead atoms. The quantitative estimate of drug-likeness (QED) is 0.621. The lowest BCUT2D eigenvalue weighted by Crippen LogP contribution is -2.36. The van der Waals surface area contributed by atoms with E-state index in [9.17, 15) is 4.79 Å². The summed E-state index contributed by atoms with van der Waals surface area (Å²) < 4.78 is 0. The van der Waals surface area contributed by atoms with Crippen molar-refractivity contribution in [3.05, 3.63) is 0 Å². The Hall–Kier alpha value is -0.570. The first kappa shape index (κ1) is 8.53. The molecule has 0 aromatic carbocycles. The van der Waals surface area contributed by atoms with E-state index >= 15 is 0 Å². The van der Waals surface area contributed by atoms with Crippen LogP contribution in [0.1, 0.15) is 20.3 Å². The van der Waals surface area contributed by atoms with Gasteiger partial charge in [0.05, 0.1) is 0 Å². The second-order valence-electron chi connectivity index (χ2n) is 3.59. The average Bonchev–Trinajstić information content (AvgIpc) is 2.09. The van der Waals surface area contributed by atoms with Gasteiger partial charge in [-0.2, -0.15) is 0 Å². The van der Waals surface area contributed by atoms with Crippen LogP contribution in [0.15, 0.2) is 0 Å². The van der Waals surface area contributed by atoms with Crippen molar-refractivity contribution < 1.29 is 4.79 Å². The van der Waals surface area contributed by atoms with Crippen molar-refractivity contribution in [1.29, 1.82) is 0 Å². The summed E-state index contributed by atoms with van der Waals surface area (Å²) in [5.41, 5.74) is 5.59. The van der Waals surface area contributed by atoms with Gasteiger partial charge >= 0.3 is 0 Å². The van der Waals surface area contributed by atoms with E-state index < -0.39 is 0 Å². The number of nitrogens with zero attached hydrogens (tertiary/aromatic N) is 1. The number of hydrogen-bond acceptors (Lipinski definition) is 2. The summed E-state index contributed by atoms with van der Waals surface area (Å²) in [7, 11) is 0. The maximum absolute atomic E-state index is 11.2. The zero-order valence-electron chi connectivity index (χ0n) is 7.21. The van der Waals surface area contributed by atoms with Gasteiger partial charge < -0.3 is 10.6 Å². The molecule has 1 heterocycles. The van der Waals surface area contributed by atoms with Crippen LogP contribution in [0.4, 0.5) is 0 Å². The molecular formula is C8H16N2O. The van der Waals surface area contributed by atoms with Crippen LogP contribution < -0.4 is 5.73 Å². The van der Waals surface area contributed by atoms with E-state index in [0.717, 1.165) is 6.54 Å². The van der Waals surface area contributed by atoms with Crippen LogP contribution in [-0.2, 0) is 4.79 Å². The highest BCUT2D eigenvalue weighted by Crippen LogP contribution is 2.16.